The van der Waals surface area contributed by atoms with Gasteiger partial charge in [0, 0.05) is 25.9 Å². The quantitative estimate of drug-likeness (QED) is 0.247. The predicted octanol–water partition coefficient (Wildman–Crippen LogP) is 5.28. The molecule has 0 spiro atoms. The van der Waals surface area contributed by atoms with E-state index >= 15 is 0 Å². The molecule has 17 heteroatoms. The minimum absolute atomic E-state index is 0.0140. The number of aromatic nitrogens is 4. The number of aryl methyl sites for hydroxylation is 1. The fourth-order valence-corrected chi connectivity index (χ4v) is 4.15. The maximum Gasteiger partial charge on any atom is 0.459 e. The molecule has 2 aromatic heterocycles. The number of benzene rings is 1. The van der Waals surface area contributed by atoms with Crippen LogP contribution in [0.25, 0.3) is 16.9 Å². The van der Waals surface area contributed by atoms with Gasteiger partial charge >= 0.3 is 18.7 Å². The highest BCUT2D eigenvalue weighted by molar-refractivity contribution is 6.34. The molecule has 9 nitrogen and oxygen atoms in total. The molecular weight excluding hydrogens is 577 g/mol. The van der Waals surface area contributed by atoms with Crippen LogP contribution in [-0.4, -0.2) is 62.5 Å². The summed E-state index contributed by atoms with van der Waals surface area (Å²) in [6.45, 7) is -3.95. The maximum absolute atomic E-state index is 14.1. The molecule has 0 N–H and O–H groups in total. The van der Waals surface area contributed by atoms with Gasteiger partial charge in [-0.15, -0.1) is 0 Å². The number of hydrogen-bond donors (Lipinski definition) is 0. The highest BCUT2D eigenvalue weighted by Crippen LogP contribution is 2.48. The van der Waals surface area contributed by atoms with E-state index in [-0.39, 0.29) is 28.4 Å². The first kappa shape index (κ1) is 29.2. The summed E-state index contributed by atoms with van der Waals surface area (Å²) >= 11 is 6.26. The van der Waals surface area contributed by atoms with E-state index in [4.69, 9.17) is 16.3 Å². The molecule has 1 aliphatic carbocycles. The van der Waals surface area contributed by atoms with Gasteiger partial charge in [-0.2, -0.15) is 46.2 Å². The lowest BCUT2D eigenvalue weighted by molar-refractivity contribution is -0.291. The van der Waals surface area contributed by atoms with Crippen LogP contribution in [0.2, 0.25) is 5.02 Å². The standard InChI is InChI=1S/C23H18ClF7N6O3/c1-35-18(16(40-20(25)26)17(34-35)22(27,28)23(29,30)31)37-9-13(8-33-37)12-3-4-15(24)14(7-12)19(38)36(11-39-2)21(10-32)5-6-21/h3-4,7-9,20H,5-6,11H2,1-2H3. The van der Waals surface area contributed by atoms with E-state index in [1.54, 1.807) is 0 Å². The van der Waals surface area contributed by atoms with Gasteiger partial charge in [-0.25, -0.2) is 9.36 Å². The number of alkyl halides is 7. The minimum Gasteiger partial charge on any atom is -0.428 e. The van der Waals surface area contributed by atoms with Crippen molar-refractivity contribution in [1.82, 2.24) is 24.5 Å². The Kier molecular flexibility index (Phi) is 7.50. The van der Waals surface area contributed by atoms with Crippen molar-refractivity contribution in [2.24, 2.45) is 7.05 Å². The zero-order valence-electron chi connectivity index (χ0n) is 20.5. The zero-order valence-corrected chi connectivity index (χ0v) is 21.3. The van der Waals surface area contributed by atoms with Crippen molar-refractivity contribution < 1.29 is 45.0 Å². The second kappa shape index (κ2) is 10.3. The van der Waals surface area contributed by atoms with Crippen molar-refractivity contribution in [2.45, 2.75) is 37.1 Å². The van der Waals surface area contributed by atoms with Crippen LogP contribution in [0.5, 0.6) is 5.75 Å². The molecule has 1 fully saturated rings. The summed E-state index contributed by atoms with van der Waals surface area (Å²) in [5, 5.41) is 16.6. The highest BCUT2D eigenvalue weighted by atomic mass is 35.5. The number of nitriles is 1. The van der Waals surface area contributed by atoms with E-state index in [0.717, 1.165) is 24.1 Å². The number of ether oxygens (including phenoxy) is 2. The van der Waals surface area contributed by atoms with Crippen LogP contribution >= 0.6 is 11.6 Å². The SMILES string of the molecule is COCN(C(=O)c1cc(-c2cnn(-c3c(OC(F)F)c(C(F)(F)C(F)(F)F)nn3C)c2)ccc1Cl)C1(C#N)CC1. The third kappa shape index (κ3) is 5.06. The monoisotopic (exact) mass is 594 g/mol. The number of carbonyl (C=O) groups excluding carboxylic acids is 1. The number of carbonyl (C=O) groups is 1. The van der Waals surface area contributed by atoms with Gasteiger partial charge in [-0.3, -0.25) is 9.69 Å². The summed E-state index contributed by atoms with van der Waals surface area (Å²) in [5.41, 5.74) is -2.65. The summed E-state index contributed by atoms with van der Waals surface area (Å²) in [6, 6.07) is 6.28. The minimum atomic E-state index is -6.15. The molecule has 4 rings (SSSR count). The molecule has 1 amide bonds. The van der Waals surface area contributed by atoms with Gasteiger partial charge in [0.2, 0.25) is 0 Å². The molecule has 0 unspecified atom stereocenters. The summed E-state index contributed by atoms with van der Waals surface area (Å²) in [4.78, 5) is 14.5. The topological polar surface area (TPSA) is 98.2 Å². The fraction of sp³-hybridized carbons (Fsp3) is 0.391. The Balaban J connectivity index is 1.76. The Labute approximate surface area is 226 Å². The van der Waals surface area contributed by atoms with E-state index in [1.807, 2.05) is 0 Å². The van der Waals surface area contributed by atoms with Crippen LogP contribution < -0.4 is 4.74 Å². The number of amides is 1. The van der Waals surface area contributed by atoms with Gasteiger partial charge in [0.1, 0.15) is 12.3 Å². The van der Waals surface area contributed by atoms with Crippen LogP contribution in [0.4, 0.5) is 30.7 Å². The van der Waals surface area contributed by atoms with E-state index in [9.17, 15) is 40.8 Å². The lowest BCUT2D eigenvalue weighted by atomic mass is 10.0. The lowest BCUT2D eigenvalue weighted by Crippen LogP contribution is -2.42. The van der Waals surface area contributed by atoms with Crippen LogP contribution in [-0.2, 0) is 17.7 Å². The Bertz CT molecular complexity index is 1480. The maximum atomic E-state index is 14.1. The van der Waals surface area contributed by atoms with E-state index in [0.29, 0.717) is 17.5 Å². The van der Waals surface area contributed by atoms with Gasteiger partial charge < -0.3 is 9.47 Å². The van der Waals surface area contributed by atoms with Crippen LogP contribution in [0, 0.1) is 11.3 Å². The van der Waals surface area contributed by atoms with Crippen molar-refractivity contribution in [2.75, 3.05) is 13.8 Å². The van der Waals surface area contributed by atoms with Crippen molar-refractivity contribution in [1.29, 1.82) is 5.26 Å². The zero-order chi connectivity index (χ0) is 29.6. The molecule has 0 bridgehead atoms. The first-order valence-electron chi connectivity index (χ1n) is 11.2. The molecule has 3 aromatic rings. The molecule has 214 valence electrons. The smallest absolute Gasteiger partial charge is 0.428 e. The Hall–Kier alpha value is -3.84. The van der Waals surface area contributed by atoms with Gasteiger partial charge in [0.05, 0.1) is 22.9 Å². The summed E-state index contributed by atoms with van der Waals surface area (Å²) in [6.07, 6.45) is -3.02. The van der Waals surface area contributed by atoms with Gasteiger partial charge in [-0.05, 0) is 30.5 Å². The lowest BCUT2D eigenvalue weighted by Gasteiger charge is -2.27. The predicted molar refractivity (Wildman–Crippen MR) is 123 cm³/mol. The molecule has 0 aliphatic heterocycles. The first-order chi connectivity index (χ1) is 18.7. The van der Waals surface area contributed by atoms with E-state index in [2.05, 4.69) is 21.0 Å². The molecule has 0 atom stereocenters. The number of rotatable bonds is 9. The molecular formula is C23H18ClF7N6O3. The molecule has 1 saturated carbocycles. The molecule has 0 radical (unpaired) electrons. The van der Waals surface area contributed by atoms with Crippen LogP contribution in [0.1, 0.15) is 28.9 Å². The Morgan fingerprint density at radius 2 is 1.93 bits per heavy atom. The number of hydrogen-bond acceptors (Lipinski definition) is 6. The third-order valence-corrected chi connectivity index (χ3v) is 6.45. The van der Waals surface area contributed by atoms with E-state index < -0.39 is 47.4 Å². The van der Waals surface area contributed by atoms with Gasteiger partial charge in [-0.1, -0.05) is 17.7 Å². The first-order valence-corrected chi connectivity index (χ1v) is 11.6. The number of methoxy groups -OCH3 is 1. The summed E-state index contributed by atoms with van der Waals surface area (Å²) < 4.78 is 104. The van der Waals surface area contributed by atoms with Crippen LogP contribution in [0.15, 0.2) is 30.6 Å². The molecule has 0 saturated heterocycles. The van der Waals surface area contributed by atoms with Crippen molar-refractivity contribution >= 4 is 17.5 Å². The Morgan fingerprint density at radius 1 is 1.25 bits per heavy atom. The summed E-state index contributed by atoms with van der Waals surface area (Å²) in [7, 11) is 2.29. The highest BCUT2D eigenvalue weighted by Gasteiger charge is 2.62. The summed E-state index contributed by atoms with van der Waals surface area (Å²) in [5.74, 6) is -8.50. The normalized spacial score (nSPS) is 14.8. The number of nitrogens with zero attached hydrogens (tertiary/aromatic N) is 6. The molecule has 1 aromatic carbocycles. The average Bonchev–Trinajstić information content (AvgIpc) is 3.40. The van der Waals surface area contributed by atoms with Gasteiger partial charge in [0.15, 0.2) is 17.3 Å². The van der Waals surface area contributed by atoms with Crippen LogP contribution in [0.3, 0.4) is 0 Å². The fourth-order valence-electron chi connectivity index (χ4n) is 3.95. The number of halogens is 8. The van der Waals surface area contributed by atoms with Gasteiger partial charge in [0.25, 0.3) is 5.91 Å². The Morgan fingerprint density at radius 3 is 2.48 bits per heavy atom. The molecule has 40 heavy (non-hydrogen) atoms. The largest absolute Gasteiger partial charge is 0.459 e. The van der Waals surface area contributed by atoms with Crippen molar-refractivity contribution in [3.8, 4) is 28.8 Å². The second-order valence-electron chi connectivity index (χ2n) is 8.74. The second-order valence-corrected chi connectivity index (χ2v) is 9.15. The van der Waals surface area contributed by atoms with Crippen molar-refractivity contribution in [3.63, 3.8) is 0 Å². The molecule has 1 aliphatic rings. The third-order valence-electron chi connectivity index (χ3n) is 6.12. The average molecular weight is 595 g/mol. The van der Waals surface area contributed by atoms with Crippen molar-refractivity contribution in [3.05, 3.63) is 46.9 Å². The molecule has 2 heterocycles. The van der Waals surface area contributed by atoms with E-state index in [1.165, 1.54) is 30.2 Å².